The topological polar surface area (TPSA) is 56.3 Å². The molecule has 0 spiro atoms. The van der Waals surface area contributed by atoms with E-state index in [1.807, 2.05) is 25.1 Å². The van der Waals surface area contributed by atoms with E-state index in [2.05, 4.69) is 53.8 Å². The predicted molar refractivity (Wildman–Crippen MR) is 103 cm³/mol. The fourth-order valence-electron chi connectivity index (χ4n) is 2.82. The summed E-state index contributed by atoms with van der Waals surface area (Å²) >= 11 is 0. The van der Waals surface area contributed by atoms with Crippen molar-refractivity contribution in [1.29, 1.82) is 0 Å². The molecule has 2 aromatic rings. The van der Waals surface area contributed by atoms with Crippen LogP contribution in [0.2, 0.25) is 0 Å². The van der Waals surface area contributed by atoms with E-state index in [1.165, 1.54) is 0 Å². The van der Waals surface area contributed by atoms with Gasteiger partial charge in [-0.15, -0.1) is 0 Å². The van der Waals surface area contributed by atoms with Crippen molar-refractivity contribution in [3.8, 4) is 0 Å². The van der Waals surface area contributed by atoms with E-state index >= 15 is 0 Å². The Bertz CT molecular complexity index is 796. The number of fused-ring (bicyclic) bond motifs is 1. The number of anilines is 1. The summed E-state index contributed by atoms with van der Waals surface area (Å²) in [7, 11) is -0.451. The second-order valence-corrected chi connectivity index (χ2v) is 8.84. The maximum atomic E-state index is 6.22. The summed E-state index contributed by atoms with van der Waals surface area (Å²) in [6.45, 7) is 16.5. The van der Waals surface area contributed by atoms with Gasteiger partial charge >= 0.3 is 7.12 Å². The lowest BCUT2D eigenvalue weighted by molar-refractivity contribution is 0.00578. The molecule has 1 aromatic heterocycles. The maximum absolute atomic E-state index is 6.22. The highest BCUT2D eigenvalue weighted by molar-refractivity contribution is 6.64. The molecule has 0 bridgehead atoms. The van der Waals surface area contributed by atoms with Crippen LogP contribution in [0.4, 0.5) is 5.82 Å². The summed E-state index contributed by atoms with van der Waals surface area (Å²) in [6, 6.07) is 5.97. The Balaban J connectivity index is 2.09. The van der Waals surface area contributed by atoms with E-state index in [9.17, 15) is 0 Å². The van der Waals surface area contributed by atoms with Crippen LogP contribution >= 0.6 is 0 Å². The summed E-state index contributed by atoms with van der Waals surface area (Å²) in [6.07, 6.45) is 0. The number of para-hydroxylation sites is 1. The van der Waals surface area contributed by atoms with Crippen molar-refractivity contribution in [2.75, 3.05) is 5.32 Å². The molecule has 6 heteroatoms. The van der Waals surface area contributed by atoms with Crippen molar-refractivity contribution >= 4 is 29.4 Å². The number of hydrogen-bond donors (Lipinski definition) is 1. The number of rotatable bonds is 2. The zero-order valence-electron chi connectivity index (χ0n) is 16.5. The van der Waals surface area contributed by atoms with Crippen LogP contribution < -0.4 is 10.8 Å². The second kappa shape index (κ2) is 5.68. The lowest BCUT2D eigenvalue weighted by Crippen LogP contribution is -2.41. The normalized spacial score (nSPS) is 19.4. The molecule has 0 radical (unpaired) electrons. The number of aryl methyl sites for hydroxylation is 1. The maximum Gasteiger partial charge on any atom is 0.497 e. The number of benzene rings is 1. The quantitative estimate of drug-likeness (QED) is 0.848. The number of hydrogen-bond acceptors (Lipinski definition) is 5. The first-order chi connectivity index (χ1) is 11.4. The molecule has 1 N–H and O–H groups in total. The Kier molecular flexibility index (Phi) is 4.12. The van der Waals surface area contributed by atoms with E-state index in [1.54, 1.807) is 0 Å². The molecule has 25 heavy (non-hydrogen) atoms. The molecular formula is C19H28BN3O2. The van der Waals surface area contributed by atoms with Gasteiger partial charge in [0.1, 0.15) is 5.82 Å². The fourth-order valence-corrected chi connectivity index (χ4v) is 2.82. The first kappa shape index (κ1) is 18.1. The third kappa shape index (κ3) is 3.38. The average Bonchev–Trinajstić information content (AvgIpc) is 2.66. The third-order valence-corrected chi connectivity index (χ3v) is 4.90. The van der Waals surface area contributed by atoms with Gasteiger partial charge in [0.2, 0.25) is 0 Å². The van der Waals surface area contributed by atoms with Crippen molar-refractivity contribution in [1.82, 2.24) is 9.97 Å². The minimum atomic E-state index is -0.451. The Morgan fingerprint density at radius 1 is 1.00 bits per heavy atom. The number of nitrogens with one attached hydrogen (secondary N) is 1. The molecule has 1 saturated heterocycles. The summed E-state index contributed by atoms with van der Waals surface area (Å²) in [4.78, 5) is 9.59. The fraction of sp³-hybridized carbons (Fsp3) is 0.579. The minimum Gasteiger partial charge on any atom is -0.399 e. The van der Waals surface area contributed by atoms with Crippen LogP contribution in [-0.2, 0) is 9.31 Å². The van der Waals surface area contributed by atoms with E-state index < -0.39 is 7.12 Å². The smallest absolute Gasteiger partial charge is 0.399 e. The van der Waals surface area contributed by atoms with Gasteiger partial charge in [-0.3, -0.25) is 0 Å². The third-order valence-electron chi connectivity index (χ3n) is 4.90. The number of nitrogens with zero attached hydrogens (tertiary/aromatic N) is 2. The van der Waals surface area contributed by atoms with Crippen LogP contribution in [0.1, 0.15) is 54.2 Å². The Hall–Kier alpha value is -1.66. The lowest BCUT2D eigenvalue weighted by Gasteiger charge is -2.32. The van der Waals surface area contributed by atoms with Crippen LogP contribution in [0, 0.1) is 6.92 Å². The van der Waals surface area contributed by atoms with E-state index in [-0.39, 0.29) is 16.7 Å². The monoisotopic (exact) mass is 341 g/mol. The summed E-state index contributed by atoms with van der Waals surface area (Å²) < 4.78 is 12.4. The van der Waals surface area contributed by atoms with Crippen molar-refractivity contribution < 1.29 is 9.31 Å². The largest absolute Gasteiger partial charge is 0.497 e. The van der Waals surface area contributed by atoms with Crippen LogP contribution in [0.15, 0.2) is 18.2 Å². The standard InChI is InChI=1S/C19H28BN3O2/c1-12-16(23-17(2,3)4)22-15-13(10-9-11-14(15)21-12)20-24-18(5,6)19(7,8)25-20/h9-11H,1-8H3,(H,22,23). The van der Waals surface area contributed by atoms with Gasteiger partial charge in [0.05, 0.1) is 27.9 Å². The molecule has 1 aliphatic rings. The lowest BCUT2D eigenvalue weighted by atomic mass is 9.78. The first-order valence-corrected chi connectivity index (χ1v) is 8.81. The zero-order chi connectivity index (χ0) is 18.6. The molecule has 0 saturated carbocycles. The molecule has 5 nitrogen and oxygen atoms in total. The van der Waals surface area contributed by atoms with Gasteiger partial charge in [0, 0.05) is 11.0 Å². The highest BCUT2D eigenvalue weighted by Crippen LogP contribution is 2.37. The molecule has 134 valence electrons. The van der Waals surface area contributed by atoms with E-state index in [0.717, 1.165) is 28.0 Å². The van der Waals surface area contributed by atoms with Gasteiger partial charge in [-0.2, -0.15) is 0 Å². The van der Waals surface area contributed by atoms with Crippen LogP contribution in [0.3, 0.4) is 0 Å². The van der Waals surface area contributed by atoms with Crippen molar-refractivity contribution in [2.24, 2.45) is 0 Å². The van der Waals surface area contributed by atoms with Crippen LogP contribution in [0.25, 0.3) is 11.0 Å². The average molecular weight is 341 g/mol. The molecule has 3 rings (SSSR count). The summed E-state index contributed by atoms with van der Waals surface area (Å²) in [5.41, 5.74) is 2.61. The van der Waals surface area contributed by atoms with Gasteiger partial charge < -0.3 is 14.6 Å². The minimum absolute atomic E-state index is 0.0909. The zero-order valence-corrected chi connectivity index (χ0v) is 16.5. The summed E-state index contributed by atoms with van der Waals surface area (Å²) in [5.74, 6) is 0.795. The van der Waals surface area contributed by atoms with E-state index in [0.29, 0.717) is 0 Å². The molecule has 0 unspecified atom stereocenters. The van der Waals surface area contributed by atoms with Gasteiger partial charge in [0.15, 0.2) is 0 Å². The highest BCUT2D eigenvalue weighted by atomic mass is 16.7. The van der Waals surface area contributed by atoms with Gasteiger partial charge in [0.25, 0.3) is 0 Å². The molecular weight excluding hydrogens is 313 g/mol. The molecule has 1 aliphatic heterocycles. The molecule has 1 aromatic carbocycles. The summed E-state index contributed by atoms with van der Waals surface area (Å²) in [5, 5.41) is 3.44. The number of aromatic nitrogens is 2. The first-order valence-electron chi connectivity index (χ1n) is 8.81. The molecule has 0 amide bonds. The van der Waals surface area contributed by atoms with Crippen molar-refractivity contribution in [3.63, 3.8) is 0 Å². The molecule has 0 atom stereocenters. The Morgan fingerprint density at radius 2 is 1.60 bits per heavy atom. The Labute approximate surface area is 150 Å². The van der Waals surface area contributed by atoms with Crippen LogP contribution in [-0.4, -0.2) is 33.8 Å². The van der Waals surface area contributed by atoms with Gasteiger partial charge in [-0.1, -0.05) is 12.1 Å². The SMILES string of the molecule is Cc1nc2cccc(B3OC(C)(C)C(C)(C)O3)c2nc1NC(C)(C)C. The predicted octanol–water partition coefficient (Wildman–Crippen LogP) is 3.45. The van der Waals surface area contributed by atoms with Crippen LogP contribution in [0.5, 0.6) is 0 Å². The highest BCUT2D eigenvalue weighted by Gasteiger charge is 2.52. The Morgan fingerprint density at radius 3 is 2.16 bits per heavy atom. The molecule has 0 aliphatic carbocycles. The second-order valence-electron chi connectivity index (χ2n) is 8.84. The molecule has 2 heterocycles. The molecule has 1 fully saturated rings. The van der Waals surface area contributed by atoms with Crippen molar-refractivity contribution in [3.05, 3.63) is 23.9 Å². The van der Waals surface area contributed by atoms with Gasteiger partial charge in [-0.05, 0) is 61.5 Å². The van der Waals surface area contributed by atoms with Gasteiger partial charge in [-0.25, -0.2) is 9.97 Å². The van der Waals surface area contributed by atoms with E-state index in [4.69, 9.17) is 19.3 Å². The van der Waals surface area contributed by atoms with Crippen molar-refractivity contribution in [2.45, 2.75) is 72.1 Å².